The second-order valence-corrected chi connectivity index (χ2v) is 4.46. The summed E-state index contributed by atoms with van der Waals surface area (Å²) in [6.45, 7) is -0.0727. The van der Waals surface area contributed by atoms with E-state index in [-0.39, 0.29) is 18.0 Å². The van der Waals surface area contributed by atoms with Crippen LogP contribution in [0.5, 0.6) is 0 Å². The molecule has 3 aromatic rings. The molecule has 0 bridgehead atoms. The van der Waals surface area contributed by atoms with Crippen LogP contribution in [0.3, 0.4) is 0 Å². The van der Waals surface area contributed by atoms with Crippen LogP contribution in [0.4, 0.5) is 5.69 Å². The van der Waals surface area contributed by atoms with Gasteiger partial charge < -0.3 is 5.32 Å². The zero-order valence-electron chi connectivity index (χ0n) is 11.1. The first-order valence-corrected chi connectivity index (χ1v) is 6.38. The molecular weight excluding hydrogens is 268 g/mol. The highest BCUT2D eigenvalue weighted by molar-refractivity contribution is 5.91. The van der Waals surface area contributed by atoms with Gasteiger partial charge in [-0.2, -0.15) is 0 Å². The highest BCUT2D eigenvalue weighted by Gasteiger charge is 2.09. The van der Waals surface area contributed by atoms with Crippen molar-refractivity contribution in [3.8, 4) is 0 Å². The van der Waals surface area contributed by atoms with Gasteiger partial charge in [0, 0.05) is 6.20 Å². The van der Waals surface area contributed by atoms with Crippen molar-refractivity contribution in [1.29, 1.82) is 0 Å². The molecule has 0 aliphatic heterocycles. The quantitative estimate of drug-likeness (QED) is 0.787. The van der Waals surface area contributed by atoms with Gasteiger partial charge in [0.2, 0.25) is 5.91 Å². The summed E-state index contributed by atoms with van der Waals surface area (Å²) in [5.74, 6) is -0.290. The SMILES string of the molecule is O=C(Cn1c(=O)cnc2ccccc21)Nc1cccnc1. The Morgan fingerprint density at radius 2 is 2.00 bits per heavy atom. The zero-order valence-corrected chi connectivity index (χ0v) is 11.1. The summed E-state index contributed by atoms with van der Waals surface area (Å²) >= 11 is 0. The van der Waals surface area contributed by atoms with Crippen molar-refractivity contribution in [2.45, 2.75) is 6.54 Å². The molecule has 6 heteroatoms. The molecule has 2 aromatic heterocycles. The van der Waals surface area contributed by atoms with Crippen molar-refractivity contribution in [3.63, 3.8) is 0 Å². The van der Waals surface area contributed by atoms with Gasteiger partial charge >= 0.3 is 0 Å². The average Bonchev–Trinajstić information content (AvgIpc) is 2.51. The van der Waals surface area contributed by atoms with Crippen molar-refractivity contribution in [3.05, 3.63) is 65.3 Å². The standard InChI is InChI=1S/C15H12N4O2/c20-14(18-11-4-3-7-16-8-11)10-19-13-6-2-1-5-12(13)17-9-15(19)21/h1-9H,10H2,(H,18,20). The van der Waals surface area contributed by atoms with Gasteiger partial charge in [-0.3, -0.25) is 19.1 Å². The van der Waals surface area contributed by atoms with E-state index in [2.05, 4.69) is 15.3 Å². The fourth-order valence-electron chi connectivity index (χ4n) is 2.06. The number of hydrogen-bond donors (Lipinski definition) is 1. The van der Waals surface area contributed by atoms with Crippen LogP contribution in [0, 0.1) is 0 Å². The lowest BCUT2D eigenvalue weighted by atomic mass is 10.3. The van der Waals surface area contributed by atoms with Crippen molar-refractivity contribution in [2.75, 3.05) is 5.32 Å². The van der Waals surface area contributed by atoms with Crippen LogP contribution in [0.15, 0.2) is 59.8 Å². The van der Waals surface area contributed by atoms with E-state index in [4.69, 9.17) is 0 Å². The van der Waals surface area contributed by atoms with Crippen LogP contribution >= 0.6 is 0 Å². The van der Waals surface area contributed by atoms with E-state index < -0.39 is 0 Å². The number of rotatable bonds is 3. The number of anilines is 1. The second kappa shape index (κ2) is 5.54. The largest absolute Gasteiger partial charge is 0.323 e. The average molecular weight is 280 g/mol. The van der Waals surface area contributed by atoms with Crippen LogP contribution in [-0.2, 0) is 11.3 Å². The molecule has 0 spiro atoms. The second-order valence-electron chi connectivity index (χ2n) is 4.46. The van der Waals surface area contributed by atoms with Gasteiger partial charge in [-0.25, -0.2) is 4.98 Å². The molecule has 1 N–H and O–H groups in total. The van der Waals surface area contributed by atoms with E-state index in [9.17, 15) is 9.59 Å². The zero-order chi connectivity index (χ0) is 14.7. The number of nitrogens with one attached hydrogen (secondary N) is 1. The predicted molar refractivity (Wildman–Crippen MR) is 78.9 cm³/mol. The molecule has 0 aliphatic carbocycles. The normalized spacial score (nSPS) is 10.5. The van der Waals surface area contributed by atoms with Gasteiger partial charge in [-0.05, 0) is 24.3 Å². The number of amides is 1. The van der Waals surface area contributed by atoms with E-state index in [1.54, 1.807) is 42.7 Å². The number of carbonyl (C=O) groups is 1. The Bertz CT molecular complexity index is 843. The third-order valence-corrected chi connectivity index (χ3v) is 3.00. The number of pyridine rings is 1. The van der Waals surface area contributed by atoms with Crippen molar-refractivity contribution in [2.24, 2.45) is 0 Å². The first kappa shape index (κ1) is 13.0. The molecule has 0 saturated heterocycles. The third kappa shape index (κ3) is 2.79. The molecule has 1 aromatic carbocycles. The van der Waals surface area contributed by atoms with Gasteiger partial charge in [0.15, 0.2) is 0 Å². The Balaban J connectivity index is 1.89. The van der Waals surface area contributed by atoms with Gasteiger partial charge in [0.1, 0.15) is 6.54 Å². The molecule has 0 radical (unpaired) electrons. The molecule has 3 rings (SSSR count). The fourth-order valence-corrected chi connectivity index (χ4v) is 2.06. The van der Waals surface area contributed by atoms with Crippen LogP contribution < -0.4 is 10.9 Å². The molecule has 0 atom stereocenters. The maximum absolute atomic E-state index is 12.1. The van der Waals surface area contributed by atoms with Crippen LogP contribution in [-0.4, -0.2) is 20.4 Å². The van der Waals surface area contributed by atoms with E-state index in [0.717, 1.165) is 0 Å². The number of nitrogens with zero attached hydrogens (tertiary/aromatic N) is 3. The van der Waals surface area contributed by atoms with E-state index in [1.165, 1.54) is 10.8 Å². The van der Waals surface area contributed by atoms with E-state index >= 15 is 0 Å². The summed E-state index contributed by atoms with van der Waals surface area (Å²) in [5, 5.41) is 2.70. The third-order valence-electron chi connectivity index (χ3n) is 3.00. The van der Waals surface area contributed by atoms with Crippen LogP contribution in [0.2, 0.25) is 0 Å². The maximum Gasteiger partial charge on any atom is 0.269 e. The number of benzene rings is 1. The molecular formula is C15H12N4O2. The monoisotopic (exact) mass is 280 g/mol. The topological polar surface area (TPSA) is 76.9 Å². The highest BCUT2D eigenvalue weighted by atomic mass is 16.2. The number of aromatic nitrogens is 3. The van der Waals surface area contributed by atoms with Crippen LogP contribution in [0.25, 0.3) is 11.0 Å². The van der Waals surface area contributed by atoms with Crippen LogP contribution in [0.1, 0.15) is 0 Å². The lowest BCUT2D eigenvalue weighted by Gasteiger charge is -2.09. The number of para-hydroxylation sites is 2. The molecule has 2 heterocycles. The number of fused-ring (bicyclic) bond motifs is 1. The molecule has 0 saturated carbocycles. The maximum atomic E-state index is 12.1. The summed E-state index contributed by atoms with van der Waals surface area (Å²) in [5.41, 5.74) is 1.58. The van der Waals surface area contributed by atoms with Gasteiger partial charge in [-0.15, -0.1) is 0 Å². The predicted octanol–water partition coefficient (Wildman–Crippen LogP) is 1.43. The van der Waals surface area contributed by atoms with Gasteiger partial charge in [-0.1, -0.05) is 12.1 Å². The van der Waals surface area contributed by atoms with Gasteiger partial charge in [0.25, 0.3) is 5.56 Å². The summed E-state index contributed by atoms with van der Waals surface area (Å²) < 4.78 is 1.40. The smallest absolute Gasteiger partial charge is 0.269 e. The molecule has 1 amide bonds. The summed E-state index contributed by atoms with van der Waals surface area (Å²) in [6, 6.07) is 10.7. The molecule has 104 valence electrons. The minimum absolute atomic E-state index is 0.0727. The lowest BCUT2D eigenvalue weighted by Crippen LogP contribution is -2.27. The Hall–Kier alpha value is -3.02. The summed E-state index contributed by atoms with van der Waals surface area (Å²) in [6.07, 6.45) is 4.39. The minimum Gasteiger partial charge on any atom is -0.323 e. The Morgan fingerprint density at radius 3 is 2.81 bits per heavy atom. The van der Waals surface area contributed by atoms with Gasteiger partial charge in [0.05, 0.1) is 29.1 Å². The fraction of sp³-hybridized carbons (Fsp3) is 0.0667. The molecule has 0 aliphatic rings. The first-order chi connectivity index (χ1) is 10.2. The lowest BCUT2D eigenvalue weighted by molar-refractivity contribution is -0.116. The van der Waals surface area contributed by atoms with Crippen molar-refractivity contribution in [1.82, 2.24) is 14.5 Å². The van der Waals surface area contributed by atoms with Crippen molar-refractivity contribution >= 4 is 22.6 Å². The summed E-state index contributed by atoms with van der Waals surface area (Å²) in [4.78, 5) is 32.0. The molecule has 6 nitrogen and oxygen atoms in total. The number of hydrogen-bond acceptors (Lipinski definition) is 4. The highest BCUT2D eigenvalue weighted by Crippen LogP contribution is 2.09. The van der Waals surface area contributed by atoms with E-state index in [0.29, 0.717) is 16.7 Å². The first-order valence-electron chi connectivity index (χ1n) is 6.38. The number of carbonyl (C=O) groups excluding carboxylic acids is 1. The van der Waals surface area contributed by atoms with E-state index in [1.807, 2.05) is 6.07 Å². The Kier molecular flexibility index (Phi) is 3.42. The molecule has 21 heavy (non-hydrogen) atoms. The molecule has 0 unspecified atom stereocenters. The molecule has 0 fully saturated rings. The Labute approximate surface area is 120 Å². The van der Waals surface area contributed by atoms with Crippen molar-refractivity contribution < 1.29 is 4.79 Å². The Morgan fingerprint density at radius 1 is 1.14 bits per heavy atom. The minimum atomic E-state index is -0.310. The summed E-state index contributed by atoms with van der Waals surface area (Å²) in [7, 11) is 0.